The average molecular weight is 227 g/mol. The van der Waals surface area contributed by atoms with Gasteiger partial charge in [-0.15, -0.1) is 0 Å². The Labute approximate surface area is 101 Å². The van der Waals surface area contributed by atoms with Crippen molar-refractivity contribution in [1.29, 1.82) is 0 Å². The lowest BCUT2D eigenvalue weighted by atomic mass is 9.73. The molecule has 1 fully saturated rings. The van der Waals surface area contributed by atoms with E-state index in [-0.39, 0.29) is 0 Å². The maximum absolute atomic E-state index is 5.16. The summed E-state index contributed by atoms with van der Waals surface area (Å²) in [7, 11) is 1.81. The molecule has 0 spiro atoms. The number of rotatable bonds is 7. The number of ether oxygens (including phenoxy) is 1. The standard InChI is InChI=1S/C14H29NO/c1-4-15-11-14-8-7-12(2)10-13(14)6-5-9-16-3/h12-15H,4-11H2,1-3H3. The second-order valence-corrected chi connectivity index (χ2v) is 5.38. The molecule has 0 aromatic carbocycles. The van der Waals surface area contributed by atoms with Crippen LogP contribution in [0.5, 0.6) is 0 Å². The first-order valence-electron chi connectivity index (χ1n) is 6.97. The fraction of sp³-hybridized carbons (Fsp3) is 1.00. The highest BCUT2D eigenvalue weighted by Gasteiger charge is 2.27. The molecule has 1 aliphatic rings. The predicted molar refractivity (Wildman–Crippen MR) is 69.6 cm³/mol. The van der Waals surface area contributed by atoms with Crippen molar-refractivity contribution in [3.8, 4) is 0 Å². The minimum absolute atomic E-state index is 0.910. The summed E-state index contributed by atoms with van der Waals surface area (Å²) < 4.78 is 5.16. The minimum Gasteiger partial charge on any atom is -0.385 e. The van der Waals surface area contributed by atoms with E-state index in [0.717, 1.165) is 30.9 Å². The maximum Gasteiger partial charge on any atom is 0.0462 e. The summed E-state index contributed by atoms with van der Waals surface area (Å²) in [4.78, 5) is 0. The third-order valence-corrected chi connectivity index (χ3v) is 3.98. The van der Waals surface area contributed by atoms with Gasteiger partial charge in [0.2, 0.25) is 0 Å². The minimum atomic E-state index is 0.910. The molecule has 1 rings (SSSR count). The predicted octanol–water partition coefficient (Wildman–Crippen LogP) is 3.07. The molecule has 1 saturated carbocycles. The van der Waals surface area contributed by atoms with Crippen LogP contribution >= 0.6 is 0 Å². The van der Waals surface area contributed by atoms with E-state index >= 15 is 0 Å². The number of methoxy groups -OCH3 is 1. The average Bonchev–Trinajstić information content (AvgIpc) is 2.28. The lowest BCUT2D eigenvalue weighted by molar-refractivity contribution is 0.144. The number of hydrogen-bond acceptors (Lipinski definition) is 2. The van der Waals surface area contributed by atoms with E-state index in [1.807, 2.05) is 0 Å². The molecule has 2 heteroatoms. The van der Waals surface area contributed by atoms with E-state index in [4.69, 9.17) is 4.74 Å². The Kier molecular flexibility index (Phi) is 7.06. The summed E-state index contributed by atoms with van der Waals surface area (Å²) in [5, 5.41) is 3.52. The van der Waals surface area contributed by atoms with Crippen LogP contribution < -0.4 is 5.32 Å². The summed E-state index contributed by atoms with van der Waals surface area (Å²) in [5.41, 5.74) is 0. The number of hydrogen-bond donors (Lipinski definition) is 1. The van der Waals surface area contributed by atoms with E-state index in [2.05, 4.69) is 19.2 Å². The molecule has 1 aliphatic carbocycles. The topological polar surface area (TPSA) is 21.3 Å². The zero-order valence-corrected chi connectivity index (χ0v) is 11.3. The second kappa shape index (κ2) is 8.08. The van der Waals surface area contributed by atoms with E-state index < -0.39 is 0 Å². The third kappa shape index (κ3) is 4.84. The van der Waals surface area contributed by atoms with Gasteiger partial charge in [-0.25, -0.2) is 0 Å². The molecule has 2 nitrogen and oxygen atoms in total. The van der Waals surface area contributed by atoms with Gasteiger partial charge in [-0.3, -0.25) is 0 Å². The fourth-order valence-corrected chi connectivity index (χ4v) is 3.00. The van der Waals surface area contributed by atoms with Gasteiger partial charge in [-0.1, -0.05) is 20.3 Å². The van der Waals surface area contributed by atoms with Gasteiger partial charge in [-0.05, 0) is 56.5 Å². The van der Waals surface area contributed by atoms with Crippen LogP contribution in [0.25, 0.3) is 0 Å². The zero-order valence-electron chi connectivity index (χ0n) is 11.3. The first-order chi connectivity index (χ1) is 7.77. The molecule has 0 heterocycles. The van der Waals surface area contributed by atoms with Crippen molar-refractivity contribution in [2.24, 2.45) is 17.8 Å². The van der Waals surface area contributed by atoms with Crippen LogP contribution in [0.4, 0.5) is 0 Å². The molecular weight excluding hydrogens is 198 g/mol. The molecule has 0 radical (unpaired) electrons. The SMILES string of the molecule is CCNCC1CCC(C)CC1CCCOC. The summed E-state index contributed by atoms with van der Waals surface area (Å²) >= 11 is 0. The Morgan fingerprint density at radius 2 is 2.06 bits per heavy atom. The second-order valence-electron chi connectivity index (χ2n) is 5.38. The Bertz CT molecular complexity index is 170. The Hall–Kier alpha value is -0.0800. The molecule has 0 aromatic rings. The lowest BCUT2D eigenvalue weighted by Crippen LogP contribution is -2.32. The van der Waals surface area contributed by atoms with Gasteiger partial charge >= 0.3 is 0 Å². The Morgan fingerprint density at radius 1 is 1.25 bits per heavy atom. The van der Waals surface area contributed by atoms with Crippen molar-refractivity contribution in [3.05, 3.63) is 0 Å². The molecule has 16 heavy (non-hydrogen) atoms. The van der Waals surface area contributed by atoms with Gasteiger partial charge in [0.1, 0.15) is 0 Å². The van der Waals surface area contributed by atoms with Gasteiger partial charge in [0.15, 0.2) is 0 Å². The smallest absolute Gasteiger partial charge is 0.0462 e. The van der Waals surface area contributed by atoms with Gasteiger partial charge < -0.3 is 10.1 Å². The molecule has 3 unspecified atom stereocenters. The molecule has 0 bridgehead atoms. The van der Waals surface area contributed by atoms with Crippen LogP contribution in [-0.2, 0) is 4.74 Å². The normalized spacial score (nSPS) is 30.6. The maximum atomic E-state index is 5.16. The van der Waals surface area contributed by atoms with Crippen LogP contribution in [0.1, 0.15) is 46.0 Å². The van der Waals surface area contributed by atoms with Gasteiger partial charge in [0, 0.05) is 13.7 Å². The fourth-order valence-electron chi connectivity index (χ4n) is 3.00. The molecule has 96 valence electrons. The summed E-state index contributed by atoms with van der Waals surface area (Å²) in [6.45, 7) is 7.87. The molecule has 3 atom stereocenters. The van der Waals surface area contributed by atoms with E-state index in [1.165, 1.54) is 38.6 Å². The highest BCUT2D eigenvalue weighted by molar-refractivity contribution is 4.80. The Balaban J connectivity index is 2.32. The summed E-state index contributed by atoms with van der Waals surface area (Å²) in [5.74, 6) is 2.77. The van der Waals surface area contributed by atoms with Crippen LogP contribution in [-0.4, -0.2) is 26.8 Å². The van der Waals surface area contributed by atoms with Gasteiger partial charge in [-0.2, -0.15) is 0 Å². The molecule has 1 N–H and O–H groups in total. The summed E-state index contributed by atoms with van der Waals surface area (Å²) in [6.07, 6.45) is 6.87. The van der Waals surface area contributed by atoms with Crippen LogP contribution in [0, 0.1) is 17.8 Å². The van der Waals surface area contributed by atoms with Crippen molar-refractivity contribution in [3.63, 3.8) is 0 Å². The highest BCUT2D eigenvalue weighted by atomic mass is 16.5. The largest absolute Gasteiger partial charge is 0.385 e. The Morgan fingerprint density at radius 3 is 2.75 bits per heavy atom. The molecule has 0 amide bonds. The van der Waals surface area contributed by atoms with E-state index in [0.29, 0.717) is 0 Å². The van der Waals surface area contributed by atoms with Crippen LogP contribution in [0.3, 0.4) is 0 Å². The van der Waals surface area contributed by atoms with Crippen LogP contribution in [0.2, 0.25) is 0 Å². The molecule has 0 aromatic heterocycles. The third-order valence-electron chi connectivity index (χ3n) is 3.98. The van der Waals surface area contributed by atoms with Gasteiger partial charge in [0.25, 0.3) is 0 Å². The molecular formula is C14H29NO. The van der Waals surface area contributed by atoms with Crippen molar-refractivity contribution in [1.82, 2.24) is 5.32 Å². The van der Waals surface area contributed by atoms with Crippen LogP contribution in [0.15, 0.2) is 0 Å². The summed E-state index contributed by atoms with van der Waals surface area (Å²) in [6, 6.07) is 0. The monoisotopic (exact) mass is 227 g/mol. The van der Waals surface area contributed by atoms with Crippen molar-refractivity contribution >= 4 is 0 Å². The number of nitrogens with one attached hydrogen (secondary N) is 1. The quantitative estimate of drug-likeness (QED) is 0.675. The van der Waals surface area contributed by atoms with Crippen molar-refractivity contribution in [2.75, 3.05) is 26.8 Å². The van der Waals surface area contributed by atoms with E-state index in [1.54, 1.807) is 7.11 Å². The molecule has 0 saturated heterocycles. The highest BCUT2D eigenvalue weighted by Crippen LogP contribution is 2.36. The lowest BCUT2D eigenvalue weighted by Gasteiger charge is -2.35. The van der Waals surface area contributed by atoms with Gasteiger partial charge in [0.05, 0.1) is 0 Å². The first-order valence-corrected chi connectivity index (χ1v) is 6.97. The zero-order chi connectivity index (χ0) is 11.8. The van der Waals surface area contributed by atoms with Crippen molar-refractivity contribution < 1.29 is 4.74 Å². The van der Waals surface area contributed by atoms with E-state index in [9.17, 15) is 0 Å². The first kappa shape index (κ1) is 14.0. The molecule has 0 aliphatic heterocycles. The van der Waals surface area contributed by atoms with Crippen molar-refractivity contribution in [2.45, 2.75) is 46.0 Å².